The van der Waals surface area contributed by atoms with Gasteiger partial charge in [0.05, 0.1) is 40.3 Å². The van der Waals surface area contributed by atoms with Crippen LogP contribution in [0.2, 0.25) is 0 Å². The largest absolute Gasteiger partial charge is 0.494 e. The molecule has 0 fully saturated rings. The van der Waals surface area contributed by atoms with Gasteiger partial charge in [0.25, 0.3) is 11.4 Å². The Morgan fingerprint density at radius 3 is 2.08 bits per heavy atom. The number of carbonyl (C=O) groups excluding carboxylic acids is 2. The van der Waals surface area contributed by atoms with Gasteiger partial charge in [0.1, 0.15) is 11.5 Å². The number of carboxylic acid groups (broad SMARTS) is 1. The lowest BCUT2D eigenvalue weighted by molar-refractivity contribution is -0.394. The van der Waals surface area contributed by atoms with Crippen molar-refractivity contribution in [2.75, 3.05) is 13.2 Å². The van der Waals surface area contributed by atoms with Crippen molar-refractivity contribution in [2.24, 2.45) is 0 Å². The van der Waals surface area contributed by atoms with Crippen LogP contribution in [-0.4, -0.2) is 52.3 Å². The van der Waals surface area contributed by atoms with Gasteiger partial charge < -0.3 is 19.3 Å². The van der Waals surface area contributed by atoms with Crippen LogP contribution in [0, 0.1) is 20.2 Å². The van der Waals surface area contributed by atoms with Crippen LogP contribution in [-0.2, 0) is 16.0 Å². The van der Waals surface area contributed by atoms with Crippen molar-refractivity contribution in [1.82, 2.24) is 0 Å². The van der Waals surface area contributed by atoms with Crippen molar-refractivity contribution in [1.29, 1.82) is 0 Å². The maximum Gasteiger partial charge on any atom is 0.389 e. The summed E-state index contributed by atoms with van der Waals surface area (Å²) < 4.78 is 52.4. The number of alkyl halides is 3. The molecule has 16 heteroatoms. The topological polar surface area (TPSA) is 185 Å². The highest BCUT2D eigenvalue weighted by Crippen LogP contribution is 2.30. The lowest BCUT2D eigenvalue weighted by atomic mass is 9.98. The average Bonchev–Trinajstić information content (AvgIpc) is 3.05. The van der Waals surface area contributed by atoms with Gasteiger partial charge in [-0.3, -0.25) is 20.2 Å². The van der Waals surface area contributed by atoms with Crippen LogP contribution in [0.5, 0.6) is 11.5 Å². The number of esters is 2. The molecule has 3 aromatic carbocycles. The molecule has 49 heavy (non-hydrogen) atoms. The summed E-state index contributed by atoms with van der Waals surface area (Å²) in [4.78, 5) is 56.8. The molecule has 0 aliphatic heterocycles. The maximum atomic E-state index is 12.4. The van der Waals surface area contributed by atoms with Crippen molar-refractivity contribution in [2.45, 2.75) is 51.1 Å². The van der Waals surface area contributed by atoms with E-state index in [4.69, 9.17) is 14.2 Å². The monoisotopic (exact) mass is 688 g/mol. The number of hydrogen-bond acceptors (Lipinski definition) is 10. The van der Waals surface area contributed by atoms with E-state index in [-0.39, 0.29) is 42.9 Å². The third-order valence-corrected chi connectivity index (χ3v) is 6.88. The van der Waals surface area contributed by atoms with Crippen molar-refractivity contribution in [3.05, 3.63) is 109 Å². The summed E-state index contributed by atoms with van der Waals surface area (Å²) in [5.74, 6) is -2.21. The fourth-order valence-corrected chi connectivity index (χ4v) is 4.47. The van der Waals surface area contributed by atoms with E-state index < -0.39 is 57.3 Å². The molecule has 0 saturated heterocycles. The molecule has 0 bridgehead atoms. The molecule has 0 atom stereocenters. The Hall–Kier alpha value is -5.80. The summed E-state index contributed by atoms with van der Waals surface area (Å²) in [5.41, 5.74) is -1.06. The number of benzene rings is 3. The number of aromatic carboxylic acids is 1. The smallest absolute Gasteiger partial charge is 0.389 e. The minimum absolute atomic E-state index is 0.0261. The number of nitro groups is 2. The molecule has 0 heterocycles. The van der Waals surface area contributed by atoms with Gasteiger partial charge >= 0.3 is 24.1 Å². The van der Waals surface area contributed by atoms with E-state index in [0.29, 0.717) is 37.0 Å². The molecular formula is C33H31F3N2O11. The highest BCUT2D eigenvalue weighted by atomic mass is 19.4. The van der Waals surface area contributed by atoms with Gasteiger partial charge in [-0.25, -0.2) is 14.4 Å². The minimum Gasteiger partial charge on any atom is -0.494 e. The molecule has 3 aromatic rings. The van der Waals surface area contributed by atoms with Crippen molar-refractivity contribution >= 4 is 35.4 Å². The van der Waals surface area contributed by atoms with Gasteiger partial charge in [-0.15, -0.1) is 0 Å². The number of carboxylic acids is 1. The van der Waals surface area contributed by atoms with Crippen LogP contribution < -0.4 is 9.47 Å². The van der Waals surface area contributed by atoms with Crippen LogP contribution in [0.4, 0.5) is 24.5 Å². The highest BCUT2D eigenvalue weighted by molar-refractivity contribution is 5.92. The molecule has 0 spiro atoms. The lowest BCUT2D eigenvalue weighted by Crippen LogP contribution is -2.10. The Balaban J connectivity index is 1.37. The summed E-state index contributed by atoms with van der Waals surface area (Å²) in [6, 6.07) is 13.6. The second kappa shape index (κ2) is 17.9. The van der Waals surface area contributed by atoms with Crippen molar-refractivity contribution in [3.63, 3.8) is 0 Å². The quantitative estimate of drug-likeness (QED) is 0.0348. The van der Waals surface area contributed by atoms with Gasteiger partial charge in [-0.2, -0.15) is 13.2 Å². The van der Waals surface area contributed by atoms with Crippen LogP contribution in [0.3, 0.4) is 0 Å². The molecule has 0 aromatic heterocycles. The summed E-state index contributed by atoms with van der Waals surface area (Å²) in [6.07, 6.45) is -0.685. The van der Waals surface area contributed by atoms with E-state index >= 15 is 0 Å². The molecule has 3 rings (SSSR count). The first-order chi connectivity index (χ1) is 23.2. The Kier molecular flexibility index (Phi) is 13.8. The number of rotatable bonds is 18. The lowest BCUT2D eigenvalue weighted by Gasteiger charge is -2.09. The first kappa shape index (κ1) is 37.7. The van der Waals surface area contributed by atoms with E-state index in [1.54, 1.807) is 12.1 Å². The molecular weight excluding hydrogens is 657 g/mol. The Morgan fingerprint density at radius 1 is 0.816 bits per heavy atom. The number of hydrogen-bond donors (Lipinski definition) is 1. The van der Waals surface area contributed by atoms with Crippen LogP contribution >= 0.6 is 0 Å². The Labute approximate surface area is 277 Å². The van der Waals surface area contributed by atoms with Crippen LogP contribution in [0.25, 0.3) is 6.08 Å². The fraction of sp³-hybridized carbons (Fsp3) is 0.303. The highest BCUT2D eigenvalue weighted by Gasteiger charge is 2.27. The van der Waals surface area contributed by atoms with Crippen molar-refractivity contribution < 1.29 is 56.7 Å². The zero-order valence-electron chi connectivity index (χ0n) is 25.9. The summed E-state index contributed by atoms with van der Waals surface area (Å²) in [6.45, 7) is -0.0187. The van der Waals surface area contributed by atoms with Crippen molar-refractivity contribution in [3.8, 4) is 11.5 Å². The van der Waals surface area contributed by atoms with E-state index in [9.17, 15) is 52.9 Å². The number of halogens is 3. The normalized spacial score (nSPS) is 11.2. The third kappa shape index (κ3) is 12.7. The first-order valence-corrected chi connectivity index (χ1v) is 14.9. The predicted molar refractivity (Wildman–Crippen MR) is 168 cm³/mol. The van der Waals surface area contributed by atoms with Gasteiger partial charge in [0, 0.05) is 24.1 Å². The number of non-ortho nitro benzene ring substituents is 1. The zero-order chi connectivity index (χ0) is 36.0. The van der Waals surface area contributed by atoms with Gasteiger partial charge in [0.2, 0.25) is 0 Å². The number of ether oxygens (including phenoxy) is 3. The number of carbonyl (C=O) groups is 3. The molecule has 0 amide bonds. The molecule has 0 radical (unpaired) electrons. The van der Waals surface area contributed by atoms with Crippen LogP contribution in [0.1, 0.15) is 70.4 Å². The third-order valence-electron chi connectivity index (χ3n) is 6.88. The molecule has 260 valence electrons. The Morgan fingerprint density at radius 2 is 1.47 bits per heavy atom. The second-order valence-electron chi connectivity index (χ2n) is 10.5. The van der Waals surface area contributed by atoms with E-state index in [0.717, 1.165) is 12.1 Å². The van der Waals surface area contributed by atoms with E-state index in [1.807, 2.05) is 0 Å². The number of nitrogens with zero attached hydrogens (tertiary/aromatic N) is 2. The van der Waals surface area contributed by atoms with Crippen LogP contribution in [0.15, 0.2) is 66.7 Å². The second-order valence-corrected chi connectivity index (χ2v) is 10.5. The van der Waals surface area contributed by atoms with Gasteiger partial charge in [-0.1, -0.05) is 25.0 Å². The SMILES string of the molecule is O=C(C=Cc1ccc(OC(=O)c2ccc(OCCCC(F)(F)F)cc2)cc1)OCCCCCCc1c(C(=O)O)cc([N+](=O)[O-])cc1[N+](=O)[O-]. The summed E-state index contributed by atoms with van der Waals surface area (Å²) >= 11 is 0. The molecule has 0 aliphatic rings. The number of unbranched alkanes of at least 4 members (excludes halogenated alkanes) is 3. The van der Waals surface area contributed by atoms with E-state index in [1.165, 1.54) is 48.6 Å². The Bertz CT molecular complexity index is 1640. The molecule has 0 aliphatic carbocycles. The molecule has 1 N–H and O–H groups in total. The predicted octanol–water partition coefficient (Wildman–Crippen LogP) is 7.50. The van der Waals surface area contributed by atoms with E-state index in [2.05, 4.69) is 0 Å². The standard InChI is InChI=1S/C33H31F3N2O11/c34-33(35,36)17-5-19-47-25-14-10-23(11-15-25)32(42)49-26-12-7-22(8-13-26)9-16-30(39)48-18-4-2-1-3-6-27-28(31(40)41)20-24(37(43)44)21-29(27)38(45)46/h7-16,20-21H,1-6,17-19H2,(H,40,41). The molecule has 0 unspecified atom stereocenters. The van der Waals surface area contributed by atoms with Gasteiger partial charge in [0.15, 0.2) is 0 Å². The minimum atomic E-state index is -4.25. The molecule has 13 nitrogen and oxygen atoms in total. The summed E-state index contributed by atoms with van der Waals surface area (Å²) in [5, 5.41) is 31.8. The first-order valence-electron chi connectivity index (χ1n) is 14.9. The summed E-state index contributed by atoms with van der Waals surface area (Å²) in [7, 11) is 0. The van der Waals surface area contributed by atoms with Gasteiger partial charge in [-0.05, 0) is 73.7 Å². The maximum absolute atomic E-state index is 12.4. The number of nitro benzene ring substituents is 2. The zero-order valence-corrected chi connectivity index (χ0v) is 25.9. The fourth-order valence-electron chi connectivity index (χ4n) is 4.47. The average molecular weight is 689 g/mol. The molecule has 0 saturated carbocycles.